The lowest BCUT2D eigenvalue weighted by atomic mass is 10.00. The molecule has 24 heavy (non-hydrogen) atoms. The van der Waals surface area contributed by atoms with Gasteiger partial charge in [-0.3, -0.25) is 0 Å². The molecule has 0 spiro atoms. The Morgan fingerprint density at radius 3 is 2.50 bits per heavy atom. The summed E-state index contributed by atoms with van der Waals surface area (Å²) >= 11 is 5.97. The quantitative estimate of drug-likeness (QED) is 0.438. The van der Waals surface area contributed by atoms with Crippen molar-refractivity contribution in [2.45, 2.75) is 20.3 Å². The van der Waals surface area contributed by atoms with Crippen LogP contribution in [0, 0.1) is 6.92 Å². The van der Waals surface area contributed by atoms with Gasteiger partial charge in [-0.05, 0) is 42.7 Å². The molecule has 4 rings (SSSR count). The molecular weight excluding hydrogens is 324 g/mol. The molecule has 0 radical (unpaired) electrons. The van der Waals surface area contributed by atoms with Crippen LogP contribution in [0.3, 0.4) is 0 Å². The molecule has 4 aromatic rings. The number of hydrogen-bond acceptors (Lipinski definition) is 3. The summed E-state index contributed by atoms with van der Waals surface area (Å²) in [7, 11) is 0. The van der Waals surface area contributed by atoms with Crippen LogP contribution < -0.4 is 5.63 Å². The largest absolute Gasteiger partial charge is 0.464 e. The van der Waals surface area contributed by atoms with Crippen molar-refractivity contribution in [2.75, 3.05) is 0 Å². The molecule has 0 aliphatic carbocycles. The SMILES string of the molecule is CCc1c(C)c2cc3c(-c4ccc(Cl)cc4)coc3cc2oc1=O. The van der Waals surface area contributed by atoms with Crippen LogP contribution in [0.25, 0.3) is 33.1 Å². The molecule has 0 fully saturated rings. The van der Waals surface area contributed by atoms with Crippen LogP contribution in [0.5, 0.6) is 0 Å². The summed E-state index contributed by atoms with van der Waals surface area (Å²) in [6.45, 7) is 3.92. The maximum atomic E-state index is 12.1. The van der Waals surface area contributed by atoms with Gasteiger partial charge in [0.1, 0.15) is 11.2 Å². The van der Waals surface area contributed by atoms with Gasteiger partial charge < -0.3 is 8.83 Å². The molecule has 4 heteroatoms. The van der Waals surface area contributed by atoms with Crippen molar-refractivity contribution in [3.63, 3.8) is 0 Å². The van der Waals surface area contributed by atoms with Gasteiger partial charge in [0.25, 0.3) is 0 Å². The number of fused-ring (bicyclic) bond motifs is 2. The smallest absolute Gasteiger partial charge is 0.339 e. The monoisotopic (exact) mass is 338 g/mol. The fraction of sp³-hybridized carbons (Fsp3) is 0.150. The van der Waals surface area contributed by atoms with Gasteiger partial charge in [-0.25, -0.2) is 4.79 Å². The molecular formula is C20H15ClO3. The Morgan fingerprint density at radius 2 is 1.79 bits per heavy atom. The van der Waals surface area contributed by atoms with Crippen LogP contribution in [0.15, 0.2) is 56.3 Å². The Morgan fingerprint density at radius 1 is 1.04 bits per heavy atom. The molecule has 0 N–H and O–H groups in total. The van der Waals surface area contributed by atoms with Crippen molar-refractivity contribution in [2.24, 2.45) is 0 Å². The second kappa shape index (κ2) is 5.53. The van der Waals surface area contributed by atoms with Crippen LogP contribution in [0.2, 0.25) is 5.02 Å². The second-order valence-corrected chi connectivity index (χ2v) is 6.28. The Bertz CT molecular complexity index is 1120. The lowest BCUT2D eigenvalue weighted by Gasteiger charge is -2.06. The van der Waals surface area contributed by atoms with Crippen molar-refractivity contribution < 1.29 is 8.83 Å². The van der Waals surface area contributed by atoms with E-state index in [0.717, 1.165) is 33.0 Å². The minimum absolute atomic E-state index is 0.272. The zero-order chi connectivity index (χ0) is 16.8. The van der Waals surface area contributed by atoms with Gasteiger partial charge in [-0.15, -0.1) is 0 Å². The summed E-state index contributed by atoms with van der Waals surface area (Å²) in [4.78, 5) is 12.1. The number of hydrogen-bond donors (Lipinski definition) is 0. The van der Waals surface area contributed by atoms with Crippen molar-refractivity contribution >= 4 is 33.5 Å². The van der Waals surface area contributed by atoms with Gasteiger partial charge in [-0.2, -0.15) is 0 Å². The van der Waals surface area contributed by atoms with Crippen LogP contribution in [-0.4, -0.2) is 0 Å². The maximum Gasteiger partial charge on any atom is 0.339 e. The van der Waals surface area contributed by atoms with E-state index in [-0.39, 0.29) is 5.63 Å². The predicted molar refractivity (Wildman–Crippen MR) is 96.8 cm³/mol. The summed E-state index contributed by atoms with van der Waals surface area (Å²) in [5, 5.41) is 2.63. The van der Waals surface area contributed by atoms with E-state index in [9.17, 15) is 4.79 Å². The van der Waals surface area contributed by atoms with E-state index >= 15 is 0 Å². The minimum atomic E-state index is -0.272. The van der Waals surface area contributed by atoms with Crippen LogP contribution >= 0.6 is 11.6 Å². The standard InChI is InChI=1S/C20H15ClO3/c1-3-14-11(2)15-8-16-17(12-4-6-13(21)7-5-12)10-23-18(16)9-19(15)24-20(14)22/h4-10H,3H2,1-2H3. The first kappa shape index (κ1) is 15.0. The highest BCUT2D eigenvalue weighted by atomic mass is 35.5. The van der Waals surface area contributed by atoms with Crippen molar-refractivity contribution in [1.29, 1.82) is 0 Å². The number of rotatable bonds is 2. The number of furan rings is 1. The average Bonchev–Trinajstić information content (AvgIpc) is 2.97. The van der Waals surface area contributed by atoms with Gasteiger partial charge in [0.15, 0.2) is 0 Å². The number of halogens is 1. The lowest BCUT2D eigenvalue weighted by Crippen LogP contribution is -2.08. The highest BCUT2D eigenvalue weighted by Gasteiger charge is 2.14. The fourth-order valence-electron chi connectivity index (χ4n) is 3.17. The first-order valence-electron chi connectivity index (χ1n) is 7.82. The Labute approximate surface area is 143 Å². The van der Waals surface area contributed by atoms with E-state index in [2.05, 4.69) is 0 Å². The lowest BCUT2D eigenvalue weighted by molar-refractivity contribution is 0.548. The number of aryl methyl sites for hydroxylation is 1. The third-order valence-corrected chi connectivity index (χ3v) is 4.74. The Kier molecular flexibility index (Phi) is 3.47. The third-order valence-electron chi connectivity index (χ3n) is 4.49. The molecule has 0 aliphatic heterocycles. The van der Waals surface area contributed by atoms with E-state index in [0.29, 0.717) is 22.6 Å². The summed E-state index contributed by atoms with van der Waals surface area (Å²) in [5.41, 5.74) is 4.69. The predicted octanol–water partition coefficient (Wildman–Crippen LogP) is 5.73. The highest BCUT2D eigenvalue weighted by molar-refractivity contribution is 6.30. The molecule has 0 atom stereocenters. The molecule has 2 heterocycles. The second-order valence-electron chi connectivity index (χ2n) is 5.85. The van der Waals surface area contributed by atoms with Crippen LogP contribution in [0.4, 0.5) is 0 Å². The summed E-state index contributed by atoms with van der Waals surface area (Å²) < 4.78 is 11.2. The minimum Gasteiger partial charge on any atom is -0.464 e. The number of benzene rings is 2. The van der Waals surface area contributed by atoms with Gasteiger partial charge in [0.05, 0.1) is 6.26 Å². The zero-order valence-electron chi connectivity index (χ0n) is 13.4. The molecule has 3 nitrogen and oxygen atoms in total. The van der Waals surface area contributed by atoms with E-state index in [1.807, 2.05) is 44.2 Å². The molecule has 2 aromatic carbocycles. The molecule has 0 unspecified atom stereocenters. The Hall–Kier alpha value is -2.52. The molecule has 0 saturated heterocycles. The van der Waals surface area contributed by atoms with Gasteiger partial charge in [0, 0.05) is 33.0 Å². The third kappa shape index (κ3) is 2.24. The zero-order valence-corrected chi connectivity index (χ0v) is 14.1. The van der Waals surface area contributed by atoms with Crippen molar-refractivity contribution in [1.82, 2.24) is 0 Å². The van der Waals surface area contributed by atoms with E-state index < -0.39 is 0 Å². The van der Waals surface area contributed by atoms with Crippen LogP contribution in [0.1, 0.15) is 18.1 Å². The fourth-order valence-corrected chi connectivity index (χ4v) is 3.30. The van der Waals surface area contributed by atoms with Gasteiger partial charge >= 0.3 is 5.63 Å². The molecule has 0 bridgehead atoms. The average molecular weight is 339 g/mol. The summed E-state index contributed by atoms with van der Waals surface area (Å²) in [6.07, 6.45) is 2.37. The normalized spacial score (nSPS) is 11.5. The first-order valence-corrected chi connectivity index (χ1v) is 8.19. The summed E-state index contributed by atoms with van der Waals surface area (Å²) in [5.74, 6) is 0. The van der Waals surface area contributed by atoms with E-state index in [4.69, 9.17) is 20.4 Å². The maximum absolute atomic E-state index is 12.1. The highest BCUT2D eigenvalue weighted by Crippen LogP contribution is 2.34. The Balaban J connectivity index is 2.04. The molecule has 2 aromatic heterocycles. The molecule has 0 saturated carbocycles. The van der Waals surface area contributed by atoms with E-state index in [1.54, 1.807) is 12.3 Å². The van der Waals surface area contributed by atoms with Crippen molar-refractivity contribution in [3.8, 4) is 11.1 Å². The molecule has 120 valence electrons. The summed E-state index contributed by atoms with van der Waals surface area (Å²) in [6, 6.07) is 11.5. The molecule has 0 amide bonds. The van der Waals surface area contributed by atoms with Gasteiger partial charge in [0.2, 0.25) is 0 Å². The topological polar surface area (TPSA) is 43.4 Å². The molecule has 0 aliphatic rings. The van der Waals surface area contributed by atoms with Crippen molar-refractivity contribution in [3.05, 3.63) is 69.2 Å². The van der Waals surface area contributed by atoms with Crippen LogP contribution in [-0.2, 0) is 6.42 Å². The van der Waals surface area contributed by atoms with Gasteiger partial charge in [-0.1, -0.05) is 30.7 Å². The first-order chi connectivity index (χ1) is 11.6. The van der Waals surface area contributed by atoms with E-state index in [1.165, 1.54) is 0 Å².